The van der Waals surface area contributed by atoms with Crippen LogP contribution >= 0.6 is 11.8 Å². The summed E-state index contributed by atoms with van der Waals surface area (Å²) in [6, 6.07) is 8.09. The van der Waals surface area contributed by atoms with Crippen molar-refractivity contribution in [2.45, 2.75) is 43.7 Å². The fraction of sp³-hybridized carbons (Fsp3) is 0.467. The van der Waals surface area contributed by atoms with E-state index < -0.39 is 0 Å². The average molecular weight is 317 g/mol. The molecule has 7 heteroatoms. The molecular weight excluding hydrogens is 298 g/mol. The van der Waals surface area contributed by atoms with Crippen molar-refractivity contribution in [1.82, 2.24) is 25.5 Å². The van der Waals surface area contributed by atoms with Gasteiger partial charge in [0.15, 0.2) is 5.82 Å². The summed E-state index contributed by atoms with van der Waals surface area (Å²) in [6.45, 7) is 3.29. The second-order valence-corrected chi connectivity index (χ2v) is 6.35. The number of tetrazole rings is 1. The Bertz CT molecular complexity index is 657. The van der Waals surface area contributed by atoms with Crippen molar-refractivity contribution >= 4 is 17.7 Å². The lowest BCUT2D eigenvalue weighted by atomic mass is 10.0. The van der Waals surface area contributed by atoms with Crippen LogP contribution in [-0.4, -0.2) is 31.9 Å². The van der Waals surface area contributed by atoms with E-state index in [1.165, 1.54) is 4.90 Å². The van der Waals surface area contributed by atoms with Gasteiger partial charge in [0.2, 0.25) is 5.91 Å². The molecule has 116 valence electrons. The van der Waals surface area contributed by atoms with E-state index >= 15 is 0 Å². The van der Waals surface area contributed by atoms with Crippen molar-refractivity contribution in [3.63, 3.8) is 0 Å². The van der Waals surface area contributed by atoms with Gasteiger partial charge in [0, 0.05) is 17.2 Å². The fourth-order valence-corrected chi connectivity index (χ4v) is 3.73. The van der Waals surface area contributed by atoms with Gasteiger partial charge in [0.05, 0.1) is 12.5 Å². The van der Waals surface area contributed by atoms with E-state index in [0.717, 1.165) is 30.7 Å². The normalized spacial score (nSPS) is 16.5. The number of unbranched alkanes of at least 4 members (excludes halogenated alkanes) is 1. The van der Waals surface area contributed by atoms with Crippen molar-refractivity contribution in [3.05, 3.63) is 35.7 Å². The van der Waals surface area contributed by atoms with Crippen LogP contribution in [0.4, 0.5) is 0 Å². The minimum atomic E-state index is -0.0822. The van der Waals surface area contributed by atoms with E-state index in [0.29, 0.717) is 12.4 Å². The van der Waals surface area contributed by atoms with Crippen molar-refractivity contribution in [3.8, 4) is 0 Å². The summed E-state index contributed by atoms with van der Waals surface area (Å²) in [5, 5.41) is 14.6. The quantitative estimate of drug-likeness (QED) is 0.882. The maximum Gasteiger partial charge on any atom is 0.228 e. The summed E-state index contributed by atoms with van der Waals surface area (Å²) in [5.74, 6) is 1.47. The first-order chi connectivity index (χ1) is 10.8. The first-order valence-corrected chi connectivity index (χ1v) is 8.52. The number of aromatic nitrogens is 4. The molecule has 1 aliphatic rings. The van der Waals surface area contributed by atoms with Gasteiger partial charge in [-0.15, -0.1) is 16.9 Å². The highest BCUT2D eigenvalue weighted by atomic mass is 32.2. The number of benzene rings is 1. The highest BCUT2D eigenvalue weighted by molar-refractivity contribution is 7.99. The molecule has 0 aliphatic carbocycles. The van der Waals surface area contributed by atoms with Crippen LogP contribution in [0.25, 0.3) is 0 Å². The Kier molecular flexibility index (Phi) is 4.72. The van der Waals surface area contributed by atoms with Gasteiger partial charge >= 0.3 is 0 Å². The molecule has 1 aromatic heterocycles. The zero-order valence-electron chi connectivity index (χ0n) is 12.5. The van der Waals surface area contributed by atoms with Crippen LogP contribution in [0.1, 0.15) is 37.1 Å². The van der Waals surface area contributed by atoms with Crippen LogP contribution in [0.2, 0.25) is 0 Å². The first-order valence-electron chi connectivity index (χ1n) is 7.54. The number of hydrogen-bond acceptors (Lipinski definition) is 5. The smallest absolute Gasteiger partial charge is 0.228 e. The van der Waals surface area contributed by atoms with Crippen molar-refractivity contribution in [1.29, 1.82) is 0 Å². The van der Waals surface area contributed by atoms with E-state index in [4.69, 9.17) is 0 Å². The summed E-state index contributed by atoms with van der Waals surface area (Å²) in [7, 11) is 0. The topological polar surface area (TPSA) is 72.7 Å². The fourth-order valence-electron chi connectivity index (χ4n) is 2.50. The second kappa shape index (κ2) is 6.91. The van der Waals surface area contributed by atoms with E-state index in [2.05, 4.69) is 33.8 Å². The predicted molar refractivity (Wildman–Crippen MR) is 84.5 cm³/mol. The summed E-state index contributed by atoms with van der Waals surface area (Å²) < 4.78 is 1.77. The third kappa shape index (κ3) is 3.14. The summed E-state index contributed by atoms with van der Waals surface area (Å²) in [4.78, 5) is 13.6. The maximum atomic E-state index is 12.4. The van der Waals surface area contributed by atoms with Crippen LogP contribution in [-0.2, 0) is 17.9 Å². The number of nitrogens with one attached hydrogen (secondary N) is 1. The lowest BCUT2D eigenvalue weighted by Gasteiger charge is -2.11. The van der Waals surface area contributed by atoms with Gasteiger partial charge < -0.3 is 5.32 Å². The second-order valence-electron chi connectivity index (χ2n) is 5.29. The SMILES string of the molecule is CCCCn1nnnc1CNC(=O)[C@H]1CSc2ccccc21. The molecule has 2 aromatic rings. The average Bonchev–Trinajstić information content (AvgIpc) is 3.17. The molecule has 0 unspecified atom stereocenters. The Hall–Kier alpha value is -1.89. The van der Waals surface area contributed by atoms with E-state index in [1.807, 2.05) is 18.2 Å². The zero-order chi connectivity index (χ0) is 15.4. The molecule has 0 saturated heterocycles. The molecule has 3 rings (SSSR count). The number of nitrogens with zero attached hydrogens (tertiary/aromatic N) is 4. The summed E-state index contributed by atoms with van der Waals surface area (Å²) >= 11 is 1.74. The summed E-state index contributed by atoms with van der Waals surface area (Å²) in [6.07, 6.45) is 2.11. The molecular formula is C15H19N5OS. The number of amides is 1. The molecule has 0 radical (unpaired) electrons. The van der Waals surface area contributed by atoms with Gasteiger partial charge in [-0.25, -0.2) is 4.68 Å². The monoisotopic (exact) mass is 317 g/mol. The van der Waals surface area contributed by atoms with E-state index in [-0.39, 0.29) is 11.8 Å². The molecule has 1 atom stereocenters. The molecule has 1 aliphatic heterocycles. The Morgan fingerprint density at radius 3 is 3.18 bits per heavy atom. The van der Waals surface area contributed by atoms with Crippen LogP contribution in [0.5, 0.6) is 0 Å². The lowest BCUT2D eigenvalue weighted by molar-refractivity contribution is -0.122. The van der Waals surface area contributed by atoms with E-state index in [1.54, 1.807) is 16.4 Å². The van der Waals surface area contributed by atoms with Gasteiger partial charge in [-0.2, -0.15) is 0 Å². The van der Waals surface area contributed by atoms with Crippen LogP contribution < -0.4 is 5.32 Å². The highest BCUT2D eigenvalue weighted by Gasteiger charge is 2.28. The van der Waals surface area contributed by atoms with Crippen molar-refractivity contribution < 1.29 is 4.79 Å². The Balaban J connectivity index is 1.61. The third-order valence-electron chi connectivity index (χ3n) is 3.77. The molecule has 1 amide bonds. The number of carbonyl (C=O) groups is 1. The van der Waals surface area contributed by atoms with Gasteiger partial charge in [0.25, 0.3) is 0 Å². The lowest BCUT2D eigenvalue weighted by Crippen LogP contribution is -2.30. The molecule has 1 aromatic carbocycles. The molecule has 0 saturated carbocycles. The zero-order valence-corrected chi connectivity index (χ0v) is 13.3. The first kappa shape index (κ1) is 15.0. The minimum absolute atomic E-state index is 0.0440. The van der Waals surface area contributed by atoms with Gasteiger partial charge in [0.1, 0.15) is 0 Å². The molecule has 0 bridgehead atoms. The standard InChI is InChI=1S/C15H19N5OS/c1-2-3-8-20-14(17-18-19-20)9-16-15(21)12-10-22-13-7-5-4-6-11(12)13/h4-7,12H,2-3,8-10H2,1H3,(H,16,21)/t12-/m0/s1. The van der Waals surface area contributed by atoms with Gasteiger partial charge in [-0.1, -0.05) is 31.5 Å². The molecule has 1 N–H and O–H groups in total. The Morgan fingerprint density at radius 1 is 1.45 bits per heavy atom. The third-order valence-corrected chi connectivity index (χ3v) is 4.95. The Morgan fingerprint density at radius 2 is 2.32 bits per heavy atom. The molecule has 6 nitrogen and oxygen atoms in total. The van der Waals surface area contributed by atoms with Crippen LogP contribution in [0.15, 0.2) is 29.2 Å². The van der Waals surface area contributed by atoms with E-state index in [9.17, 15) is 4.79 Å². The number of carbonyl (C=O) groups excluding carboxylic acids is 1. The largest absolute Gasteiger partial charge is 0.348 e. The molecule has 0 spiro atoms. The number of rotatable bonds is 6. The number of thioether (sulfide) groups is 1. The molecule has 22 heavy (non-hydrogen) atoms. The van der Waals surface area contributed by atoms with Gasteiger partial charge in [-0.05, 0) is 28.5 Å². The summed E-state index contributed by atoms with van der Waals surface area (Å²) in [5.41, 5.74) is 1.12. The maximum absolute atomic E-state index is 12.4. The van der Waals surface area contributed by atoms with Crippen molar-refractivity contribution in [2.24, 2.45) is 0 Å². The van der Waals surface area contributed by atoms with Crippen LogP contribution in [0, 0.1) is 0 Å². The molecule has 2 heterocycles. The number of aryl methyl sites for hydroxylation is 1. The van der Waals surface area contributed by atoms with Gasteiger partial charge in [-0.3, -0.25) is 4.79 Å². The highest BCUT2D eigenvalue weighted by Crippen LogP contribution is 2.39. The molecule has 0 fully saturated rings. The van der Waals surface area contributed by atoms with Crippen LogP contribution in [0.3, 0.4) is 0 Å². The Labute approximate surface area is 133 Å². The van der Waals surface area contributed by atoms with Crippen molar-refractivity contribution in [2.75, 3.05) is 5.75 Å². The minimum Gasteiger partial charge on any atom is -0.348 e. The number of fused-ring (bicyclic) bond motifs is 1. The predicted octanol–water partition coefficient (Wildman–Crippen LogP) is 1.98. The number of hydrogen-bond donors (Lipinski definition) is 1.